The van der Waals surface area contributed by atoms with Gasteiger partial charge in [0.05, 0.1) is 15.0 Å². The van der Waals surface area contributed by atoms with Gasteiger partial charge in [0.15, 0.2) is 0 Å². The van der Waals surface area contributed by atoms with E-state index >= 15 is 0 Å². The van der Waals surface area contributed by atoms with Crippen molar-refractivity contribution in [3.8, 4) is 0 Å². The zero-order valence-corrected chi connectivity index (χ0v) is 23.8. The van der Waals surface area contributed by atoms with Crippen LogP contribution in [0.4, 0.5) is 5.69 Å². The molecule has 3 aromatic carbocycles. The van der Waals surface area contributed by atoms with Crippen LogP contribution in [0.15, 0.2) is 72.9 Å². The average Bonchev–Trinajstić information content (AvgIpc) is 3.35. The van der Waals surface area contributed by atoms with E-state index in [-0.39, 0.29) is 36.2 Å². The summed E-state index contributed by atoms with van der Waals surface area (Å²) in [4.78, 5) is 44.4. The summed E-state index contributed by atoms with van der Waals surface area (Å²) in [7, 11) is 0. The van der Waals surface area contributed by atoms with Crippen LogP contribution in [0.3, 0.4) is 0 Å². The van der Waals surface area contributed by atoms with Gasteiger partial charge in [-0.15, -0.1) is 0 Å². The minimum Gasteiger partial charge on any atom is -0.361 e. The molecule has 0 atom stereocenters. The molecule has 8 nitrogen and oxygen atoms in total. The number of rotatable bonds is 11. The van der Waals surface area contributed by atoms with E-state index in [9.17, 15) is 19.7 Å². The van der Waals surface area contributed by atoms with Crippen molar-refractivity contribution in [3.05, 3.63) is 110 Å². The highest BCUT2D eigenvalue weighted by Gasteiger charge is 2.25. The number of benzene rings is 3. The van der Waals surface area contributed by atoms with Crippen LogP contribution in [-0.4, -0.2) is 51.2 Å². The van der Waals surface area contributed by atoms with Gasteiger partial charge < -0.3 is 14.8 Å². The fourth-order valence-electron chi connectivity index (χ4n) is 4.60. The summed E-state index contributed by atoms with van der Waals surface area (Å²) in [6, 6.07) is 18.8. The fourth-order valence-corrected chi connectivity index (χ4v) is 4.92. The van der Waals surface area contributed by atoms with Gasteiger partial charge in [0.25, 0.3) is 11.6 Å². The lowest BCUT2D eigenvalue weighted by molar-refractivity contribution is -0.384. The van der Waals surface area contributed by atoms with Crippen molar-refractivity contribution in [1.29, 1.82) is 0 Å². The number of aromatic nitrogens is 1. The first-order valence-electron chi connectivity index (χ1n) is 12.9. The molecule has 4 rings (SSSR count). The number of fused-ring (bicyclic) bond motifs is 1. The first-order chi connectivity index (χ1) is 19.1. The van der Waals surface area contributed by atoms with E-state index in [2.05, 4.69) is 4.98 Å². The molecule has 2 amide bonds. The van der Waals surface area contributed by atoms with E-state index in [4.69, 9.17) is 23.2 Å². The quantitative estimate of drug-likeness (QED) is 0.156. The smallest absolute Gasteiger partial charge is 0.270 e. The van der Waals surface area contributed by atoms with Crippen LogP contribution < -0.4 is 0 Å². The van der Waals surface area contributed by atoms with Gasteiger partial charge in [0.2, 0.25) is 5.91 Å². The summed E-state index contributed by atoms with van der Waals surface area (Å²) in [6.45, 7) is 4.72. The van der Waals surface area contributed by atoms with Crippen molar-refractivity contribution in [2.45, 2.75) is 26.8 Å². The number of H-pyrrole nitrogens is 1. The fraction of sp³-hybridized carbons (Fsp3) is 0.267. The van der Waals surface area contributed by atoms with Crippen molar-refractivity contribution >= 4 is 51.6 Å². The van der Waals surface area contributed by atoms with Gasteiger partial charge in [-0.2, -0.15) is 0 Å². The molecular formula is C30H30Cl2N4O4. The molecule has 0 bridgehead atoms. The second kappa shape index (κ2) is 13.0. The molecule has 0 radical (unpaired) electrons. The number of aromatic amines is 1. The van der Waals surface area contributed by atoms with E-state index in [1.54, 1.807) is 17.0 Å². The number of amides is 2. The van der Waals surface area contributed by atoms with Crippen LogP contribution in [0, 0.1) is 16.0 Å². The number of non-ortho nitro benzene ring substituents is 1. The lowest BCUT2D eigenvalue weighted by Crippen LogP contribution is -2.44. The van der Waals surface area contributed by atoms with Gasteiger partial charge in [-0.25, -0.2) is 0 Å². The Morgan fingerprint density at radius 1 is 0.975 bits per heavy atom. The lowest BCUT2D eigenvalue weighted by atomic mass is 10.1. The second-order valence-corrected chi connectivity index (χ2v) is 10.9. The predicted octanol–water partition coefficient (Wildman–Crippen LogP) is 6.75. The van der Waals surface area contributed by atoms with Gasteiger partial charge in [0.1, 0.15) is 6.54 Å². The van der Waals surface area contributed by atoms with Gasteiger partial charge in [0, 0.05) is 54.4 Å². The zero-order valence-electron chi connectivity index (χ0n) is 22.3. The molecule has 0 fully saturated rings. The molecule has 0 saturated carbocycles. The Labute approximate surface area is 242 Å². The SMILES string of the molecule is CC(C)CN(CC(=O)N(CCc1c[nH]c2ccccc12)Cc1ccc(Cl)c(Cl)c1)C(=O)c1cccc([N+](=O)[O-])c1. The van der Waals surface area contributed by atoms with Crippen LogP contribution in [0.25, 0.3) is 10.9 Å². The minimum absolute atomic E-state index is 0.0743. The minimum atomic E-state index is -0.543. The van der Waals surface area contributed by atoms with Crippen molar-refractivity contribution in [2.75, 3.05) is 19.6 Å². The second-order valence-electron chi connectivity index (χ2n) is 10.1. The molecule has 4 aromatic rings. The maximum atomic E-state index is 13.8. The summed E-state index contributed by atoms with van der Waals surface area (Å²) >= 11 is 12.3. The summed E-state index contributed by atoms with van der Waals surface area (Å²) in [5.74, 6) is -0.604. The highest BCUT2D eigenvalue weighted by molar-refractivity contribution is 6.42. The number of nitro groups is 1. The monoisotopic (exact) mass is 580 g/mol. The summed E-state index contributed by atoms with van der Waals surface area (Å²) < 4.78 is 0. The van der Waals surface area contributed by atoms with E-state index < -0.39 is 10.8 Å². The summed E-state index contributed by atoms with van der Waals surface area (Å²) in [6.07, 6.45) is 2.55. The molecule has 0 aliphatic carbocycles. The molecule has 1 heterocycles. The molecular weight excluding hydrogens is 551 g/mol. The molecule has 0 spiro atoms. The number of hydrogen-bond donors (Lipinski definition) is 1. The number of carbonyl (C=O) groups excluding carboxylic acids is 2. The third-order valence-corrected chi connectivity index (χ3v) is 7.28. The van der Waals surface area contributed by atoms with Gasteiger partial charge in [-0.1, -0.05) is 67.4 Å². The van der Waals surface area contributed by atoms with Gasteiger partial charge in [-0.3, -0.25) is 19.7 Å². The Hall–Kier alpha value is -3.88. The van der Waals surface area contributed by atoms with Crippen LogP contribution in [0.2, 0.25) is 10.0 Å². The highest BCUT2D eigenvalue weighted by atomic mass is 35.5. The molecule has 0 aliphatic rings. The molecule has 40 heavy (non-hydrogen) atoms. The number of para-hydroxylation sites is 1. The third kappa shape index (κ3) is 7.20. The standard InChI is InChI=1S/C30H30Cl2N4O4/c1-20(2)17-35(30(38)22-6-5-7-24(15-22)36(39)40)19-29(37)34(18-21-10-11-26(31)27(32)14-21)13-12-23-16-33-28-9-4-3-8-25(23)28/h3-11,14-16,20,33H,12-13,17-19H2,1-2H3. The molecule has 208 valence electrons. The predicted molar refractivity (Wildman–Crippen MR) is 158 cm³/mol. The number of nitrogens with zero attached hydrogens (tertiary/aromatic N) is 3. The Bertz CT molecular complexity index is 1540. The number of halogens is 2. The topological polar surface area (TPSA) is 99.6 Å². The molecule has 1 N–H and O–H groups in total. The number of nitro benzene ring substituents is 1. The molecule has 0 unspecified atom stereocenters. The van der Waals surface area contributed by atoms with Gasteiger partial charge in [-0.05, 0) is 47.7 Å². The van der Waals surface area contributed by atoms with Crippen LogP contribution in [0.5, 0.6) is 0 Å². The maximum Gasteiger partial charge on any atom is 0.270 e. The van der Waals surface area contributed by atoms with Crippen molar-refractivity contribution in [3.63, 3.8) is 0 Å². The van der Waals surface area contributed by atoms with Crippen molar-refractivity contribution in [2.24, 2.45) is 5.92 Å². The lowest BCUT2D eigenvalue weighted by Gasteiger charge is -2.29. The Balaban J connectivity index is 1.58. The highest BCUT2D eigenvalue weighted by Crippen LogP contribution is 2.24. The first kappa shape index (κ1) is 29.1. The normalized spacial score (nSPS) is 11.1. The van der Waals surface area contributed by atoms with Gasteiger partial charge >= 0.3 is 0 Å². The van der Waals surface area contributed by atoms with Crippen LogP contribution in [0.1, 0.15) is 35.3 Å². The van der Waals surface area contributed by atoms with Crippen LogP contribution in [-0.2, 0) is 17.8 Å². The first-order valence-corrected chi connectivity index (χ1v) is 13.7. The Morgan fingerprint density at radius 2 is 1.75 bits per heavy atom. The van der Waals surface area contributed by atoms with Crippen molar-refractivity contribution < 1.29 is 14.5 Å². The zero-order chi connectivity index (χ0) is 28.8. The summed E-state index contributed by atoms with van der Waals surface area (Å²) in [5.41, 5.74) is 2.89. The van der Waals surface area contributed by atoms with E-state index in [1.165, 1.54) is 29.2 Å². The molecule has 10 heteroatoms. The average molecular weight is 582 g/mol. The van der Waals surface area contributed by atoms with E-state index in [1.807, 2.05) is 50.4 Å². The van der Waals surface area contributed by atoms with Crippen LogP contribution >= 0.6 is 23.2 Å². The number of carbonyl (C=O) groups is 2. The summed E-state index contributed by atoms with van der Waals surface area (Å²) in [5, 5.41) is 13.2. The molecule has 0 saturated heterocycles. The largest absolute Gasteiger partial charge is 0.361 e. The third-order valence-electron chi connectivity index (χ3n) is 6.54. The Morgan fingerprint density at radius 3 is 2.48 bits per heavy atom. The van der Waals surface area contributed by atoms with E-state index in [0.717, 1.165) is 22.0 Å². The van der Waals surface area contributed by atoms with E-state index in [0.29, 0.717) is 29.6 Å². The van der Waals surface area contributed by atoms with Crippen molar-refractivity contribution in [1.82, 2.24) is 14.8 Å². The maximum absolute atomic E-state index is 13.8. The number of hydrogen-bond acceptors (Lipinski definition) is 4. The Kier molecular flexibility index (Phi) is 9.45. The molecule has 0 aliphatic heterocycles. The number of nitrogens with one attached hydrogen (secondary N) is 1. The molecule has 1 aromatic heterocycles.